The Bertz CT molecular complexity index is 1610. The van der Waals surface area contributed by atoms with Crippen LogP contribution < -0.4 is 0 Å². The fourth-order valence-corrected chi connectivity index (χ4v) is 5.14. The first-order valence-electron chi connectivity index (χ1n) is 12.1. The zero-order chi connectivity index (χ0) is 23.8. The van der Waals surface area contributed by atoms with Crippen molar-refractivity contribution in [3.63, 3.8) is 0 Å². The van der Waals surface area contributed by atoms with E-state index in [0.29, 0.717) is 0 Å². The van der Waals surface area contributed by atoms with Crippen molar-refractivity contribution < 1.29 is 0 Å². The van der Waals surface area contributed by atoms with Crippen molar-refractivity contribution in [3.05, 3.63) is 139 Å². The number of aryl methyl sites for hydroxylation is 1. The molecular weight excluding hydrogens is 422 g/mol. The SMILES string of the molecule is Cc1c(C)n(-c2ccc(-c3ccccc3)cc2)c2cc(-c3ccccc3)cc(-c3ccccc3)c12. The number of fused-ring (bicyclic) bond motifs is 1. The first-order valence-corrected chi connectivity index (χ1v) is 12.1. The van der Waals surface area contributed by atoms with Crippen molar-refractivity contribution in [3.8, 4) is 39.1 Å². The van der Waals surface area contributed by atoms with E-state index in [0.717, 1.165) is 0 Å². The van der Waals surface area contributed by atoms with Crippen molar-refractivity contribution in [2.45, 2.75) is 13.8 Å². The molecule has 35 heavy (non-hydrogen) atoms. The Morgan fingerprint density at radius 1 is 0.457 bits per heavy atom. The normalized spacial score (nSPS) is 11.1. The summed E-state index contributed by atoms with van der Waals surface area (Å²) in [5.41, 5.74) is 12.5. The van der Waals surface area contributed by atoms with Gasteiger partial charge in [0, 0.05) is 16.8 Å². The topological polar surface area (TPSA) is 4.93 Å². The highest BCUT2D eigenvalue weighted by Crippen LogP contribution is 2.39. The number of nitrogens with zero attached hydrogens (tertiary/aromatic N) is 1. The van der Waals surface area contributed by atoms with Gasteiger partial charge < -0.3 is 4.57 Å². The molecule has 0 amide bonds. The molecule has 6 aromatic rings. The Hall–Kier alpha value is -4.36. The lowest BCUT2D eigenvalue weighted by atomic mass is 9.94. The largest absolute Gasteiger partial charge is 0.314 e. The van der Waals surface area contributed by atoms with Crippen LogP contribution in [0.3, 0.4) is 0 Å². The minimum Gasteiger partial charge on any atom is -0.314 e. The lowest BCUT2D eigenvalue weighted by Crippen LogP contribution is -1.97. The van der Waals surface area contributed by atoms with Crippen LogP contribution >= 0.6 is 0 Å². The van der Waals surface area contributed by atoms with Gasteiger partial charge in [-0.3, -0.25) is 0 Å². The Labute approximate surface area is 206 Å². The molecule has 0 radical (unpaired) electrons. The van der Waals surface area contributed by atoms with Crippen LogP contribution in [0.25, 0.3) is 50.0 Å². The van der Waals surface area contributed by atoms with Crippen LogP contribution in [0.4, 0.5) is 0 Å². The predicted molar refractivity (Wildman–Crippen MR) is 149 cm³/mol. The molecule has 0 bridgehead atoms. The van der Waals surface area contributed by atoms with Crippen LogP contribution in [-0.4, -0.2) is 4.57 Å². The molecule has 1 heterocycles. The van der Waals surface area contributed by atoms with E-state index in [-0.39, 0.29) is 0 Å². The second kappa shape index (κ2) is 8.77. The summed E-state index contributed by atoms with van der Waals surface area (Å²) in [6.07, 6.45) is 0. The Kier molecular flexibility index (Phi) is 5.31. The second-order valence-electron chi connectivity index (χ2n) is 9.11. The summed E-state index contributed by atoms with van der Waals surface area (Å²) in [5, 5.41) is 1.32. The Morgan fingerprint density at radius 3 is 1.51 bits per heavy atom. The molecule has 0 aliphatic rings. The fourth-order valence-electron chi connectivity index (χ4n) is 5.14. The maximum Gasteiger partial charge on any atom is 0.0546 e. The molecule has 6 rings (SSSR count). The van der Waals surface area contributed by atoms with Gasteiger partial charge in [-0.15, -0.1) is 0 Å². The summed E-state index contributed by atoms with van der Waals surface area (Å²) in [6.45, 7) is 4.48. The van der Waals surface area contributed by atoms with E-state index in [4.69, 9.17) is 0 Å². The number of hydrogen-bond acceptors (Lipinski definition) is 0. The van der Waals surface area contributed by atoms with Gasteiger partial charge >= 0.3 is 0 Å². The maximum atomic E-state index is 2.42. The minimum absolute atomic E-state index is 1.18. The molecule has 5 aromatic carbocycles. The zero-order valence-electron chi connectivity index (χ0n) is 20.1. The van der Waals surface area contributed by atoms with Crippen molar-refractivity contribution in [2.24, 2.45) is 0 Å². The van der Waals surface area contributed by atoms with E-state index in [9.17, 15) is 0 Å². The molecule has 0 N–H and O–H groups in total. The van der Waals surface area contributed by atoms with Crippen LogP contribution in [-0.2, 0) is 0 Å². The number of aromatic nitrogens is 1. The first-order chi connectivity index (χ1) is 17.2. The van der Waals surface area contributed by atoms with Gasteiger partial charge in [-0.25, -0.2) is 0 Å². The first kappa shape index (κ1) is 21.2. The third-order valence-electron chi connectivity index (χ3n) is 7.04. The third kappa shape index (κ3) is 3.76. The average Bonchev–Trinajstić information content (AvgIpc) is 3.19. The van der Waals surface area contributed by atoms with E-state index >= 15 is 0 Å². The Balaban J connectivity index is 1.60. The number of benzene rings is 5. The van der Waals surface area contributed by atoms with Crippen LogP contribution in [0.5, 0.6) is 0 Å². The molecule has 0 atom stereocenters. The van der Waals surface area contributed by atoms with Crippen LogP contribution in [0.2, 0.25) is 0 Å². The third-order valence-corrected chi connectivity index (χ3v) is 7.04. The quantitative estimate of drug-likeness (QED) is 0.253. The molecular formula is C34H27N. The second-order valence-corrected chi connectivity index (χ2v) is 9.11. The molecule has 0 aliphatic heterocycles. The monoisotopic (exact) mass is 449 g/mol. The van der Waals surface area contributed by atoms with Gasteiger partial charge in [0.25, 0.3) is 0 Å². The molecule has 0 aliphatic carbocycles. The summed E-state index contributed by atoms with van der Waals surface area (Å²) >= 11 is 0. The Morgan fingerprint density at radius 2 is 0.943 bits per heavy atom. The molecule has 0 fully saturated rings. The highest BCUT2D eigenvalue weighted by molar-refractivity contribution is 6.02. The van der Waals surface area contributed by atoms with Gasteiger partial charge in [0.1, 0.15) is 0 Å². The molecule has 0 spiro atoms. The molecule has 1 aromatic heterocycles. The van der Waals surface area contributed by atoms with Gasteiger partial charge in [0.2, 0.25) is 0 Å². The summed E-state index contributed by atoms with van der Waals surface area (Å²) in [5.74, 6) is 0. The van der Waals surface area contributed by atoms with Gasteiger partial charge in [-0.2, -0.15) is 0 Å². The van der Waals surface area contributed by atoms with Crippen molar-refractivity contribution in [1.29, 1.82) is 0 Å². The summed E-state index contributed by atoms with van der Waals surface area (Å²) in [7, 11) is 0. The highest BCUT2D eigenvalue weighted by atomic mass is 15.0. The standard InChI is InChI=1S/C34H27N/c1-24-25(2)35(31-20-18-28(19-21-31)26-12-6-3-7-13-26)33-23-30(27-14-8-4-9-15-27)22-32(34(24)33)29-16-10-5-11-17-29/h3-23H,1-2H3. The lowest BCUT2D eigenvalue weighted by molar-refractivity contribution is 1.04. The number of rotatable bonds is 4. The molecule has 1 heteroatoms. The van der Waals surface area contributed by atoms with Crippen LogP contribution in [0.1, 0.15) is 11.3 Å². The average molecular weight is 450 g/mol. The zero-order valence-corrected chi connectivity index (χ0v) is 20.1. The van der Waals surface area contributed by atoms with Crippen LogP contribution in [0.15, 0.2) is 127 Å². The lowest BCUT2D eigenvalue weighted by Gasteiger charge is -2.13. The van der Waals surface area contributed by atoms with E-state index in [1.807, 2.05) is 0 Å². The summed E-state index contributed by atoms with van der Waals surface area (Å²) < 4.78 is 2.42. The predicted octanol–water partition coefficient (Wildman–Crippen LogP) is 9.25. The van der Waals surface area contributed by atoms with Crippen molar-refractivity contribution in [1.82, 2.24) is 4.57 Å². The molecule has 0 saturated heterocycles. The summed E-state index contributed by atoms with van der Waals surface area (Å²) in [4.78, 5) is 0. The minimum atomic E-state index is 1.18. The van der Waals surface area contributed by atoms with Crippen molar-refractivity contribution in [2.75, 3.05) is 0 Å². The van der Waals surface area contributed by atoms with E-state index in [1.54, 1.807) is 0 Å². The highest BCUT2D eigenvalue weighted by Gasteiger charge is 2.18. The van der Waals surface area contributed by atoms with E-state index < -0.39 is 0 Å². The van der Waals surface area contributed by atoms with Gasteiger partial charge in [-0.05, 0) is 77.1 Å². The van der Waals surface area contributed by atoms with Gasteiger partial charge in [0.15, 0.2) is 0 Å². The summed E-state index contributed by atoms with van der Waals surface area (Å²) in [6, 6.07) is 45.6. The molecule has 0 unspecified atom stereocenters. The van der Waals surface area contributed by atoms with E-state index in [2.05, 4.69) is 146 Å². The van der Waals surface area contributed by atoms with E-state index in [1.165, 1.54) is 61.2 Å². The van der Waals surface area contributed by atoms with Gasteiger partial charge in [0.05, 0.1) is 5.52 Å². The smallest absolute Gasteiger partial charge is 0.0546 e. The van der Waals surface area contributed by atoms with Crippen LogP contribution in [0, 0.1) is 13.8 Å². The number of hydrogen-bond donors (Lipinski definition) is 0. The molecule has 168 valence electrons. The maximum absolute atomic E-state index is 2.42. The molecule has 1 nitrogen and oxygen atoms in total. The van der Waals surface area contributed by atoms with Crippen molar-refractivity contribution >= 4 is 10.9 Å². The van der Waals surface area contributed by atoms with Gasteiger partial charge in [-0.1, -0.05) is 103 Å². The fraction of sp³-hybridized carbons (Fsp3) is 0.0588. The molecule has 0 saturated carbocycles.